The molecule has 6 heteroatoms. The first-order valence-electron chi connectivity index (χ1n) is 9.62. The van der Waals surface area contributed by atoms with Crippen molar-refractivity contribution in [1.29, 1.82) is 0 Å². The average Bonchev–Trinajstić information content (AvgIpc) is 3.15. The van der Waals surface area contributed by atoms with Crippen molar-refractivity contribution in [3.8, 4) is 0 Å². The van der Waals surface area contributed by atoms with Crippen LogP contribution in [0.15, 0.2) is 23.0 Å². The predicted octanol–water partition coefficient (Wildman–Crippen LogP) is 4.05. The molecule has 0 bridgehead atoms. The second-order valence-corrected chi connectivity index (χ2v) is 8.19. The second-order valence-electron chi connectivity index (χ2n) is 7.80. The van der Waals surface area contributed by atoms with E-state index in [0.29, 0.717) is 27.2 Å². The van der Waals surface area contributed by atoms with Crippen LogP contribution in [0, 0.1) is 10.7 Å². The van der Waals surface area contributed by atoms with E-state index in [0.717, 1.165) is 45.2 Å². The van der Waals surface area contributed by atoms with Gasteiger partial charge in [0.15, 0.2) is 4.77 Å². The van der Waals surface area contributed by atoms with Crippen molar-refractivity contribution >= 4 is 29.0 Å². The van der Waals surface area contributed by atoms with Crippen LogP contribution in [0.25, 0.3) is 10.9 Å². The van der Waals surface area contributed by atoms with Crippen molar-refractivity contribution in [2.75, 3.05) is 13.1 Å². The standard InChI is InChI=1S/C20H25N3O2S/c1-13-5-4-10-22(12-13)18(24)14-8-9-16-17(11-14)21-20(26)23(19(16)25)15-6-2-3-7-15/h8-9,11,13,15H,2-7,10,12H2,1H3,(H,21,26)/t13-/m1/s1. The molecule has 0 unspecified atom stereocenters. The van der Waals surface area contributed by atoms with E-state index in [9.17, 15) is 9.59 Å². The first kappa shape index (κ1) is 17.5. The molecule has 138 valence electrons. The van der Waals surface area contributed by atoms with Crippen molar-refractivity contribution in [3.05, 3.63) is 38.9 Å². The number of amides is 1. The molecule has 1 amide bonds. The Bertz CT molecular complexity index is 956. The topological polar surface area (TPSA) is 58.1 Å². The molecular formula is C20H25N3O2S. The zero-order valence-corrected chi connectivity index (χ0v) is 16.0. The van der Waals surface area contributed by atoms with E-state index >= 15 is 0 Å². The third-order valence-corrected chi connectivity index (χ3v) is 6.11. The summed E-state index contributed by atoms with van der Waals surface area (Å²) in [6, 6.07) is 5.54. The molecule has 1 saturated heterocycles. The van der Waals surface area contributed by atoms with E-state index in [-0.39, 0.29) is 17.5 Å². The number of hydrogen-bond donors (Lipinski definition) is 1. The number of aromatic nitrogens is 2. The minimum atomic E-state index is -0.0405. The van der Waals surface area contributed by atoms with Gasteiger partial charge in [0.05, 0.1) is 10.9 Å². The maximum absolute atomic E-state index is 12.9. The van der Waals surface area contributed by atoms with Crippen LogP contribution >= 0.6 is 12.2 Å². The minimum Gasteiger partial charge on any atom is -0.338 e. The highest BCUT2D eigenvalue weighted by atomic mass is 32.1. The Morgan fingerprint density at radius 2 is 1.96 bits per heavy atom. The zero-order valence-electron chi connectivity index (χ0n) is 15.2. The number of carbonyl (C=O) groups excluding carboxylic acids is 1. The maximum atomic E-state index is 12.9. The van der Waals surface area contributed by atoms with E-state index in [4.69, 9.17) is 12.2 Å². The summed E-state index contributed by atoms with van der Waals surface area (Å²) >= 11 is 5.47. The molecule has 1 aromatic heterocycles. The highest BCUT2D eigenvalue weighted by Gasteiger charge is 2.23. The number of hydrogen-bond acceptors (Lipinski definition) is 3. The average molecular weight is 372 g/mol. The molecule has 5 nitrogen and oxygen atoms in total. The fraction of sp³-hybridized carbons (Fsp3) is 0.550. The smallest absolute Gasteiger partial charge is 0.262 e. The molecule has 0 spiro atoms. The van der Waals surface area contributed by atoms with Crippen LogP contribution in [-0.4, -0.2) is 33.4 Å². The van der Waals surface area contributed by atoms with E-state index in [1.54, 1.807) is 22.8 Å². The molecule has 1 aromatic carbocycles. The lowest BCUT2D eigenvalue weighted by molar-refractivity contribution is 0.0683. The Kier molecular flexibility index (Phi) is 4.69. The van der Waals surface area contributed by atoms with Crippen LogP contribution < -0.4 is 5.56 Å². The van der Waals surface area contributed by atoms with Gasteiger partial charge in [-0.1, -0.05) is 19.8 Å². The van der Waals surface area contributed by atoms with Crippen molar-refractivity contribution in [1.82, 2.24) is 14.5 Å². The van der Waals surface area contributed by atoms with E-state index in [1.165, 1.54) is 6.42 Å². The Morgan fingerprint density at radius 1 is 1.19 bits per heavy atom. The largest absolute Gasteiger partial charge is 0.338 e. The summed E-state index contributed by atoms with van der Waals surface area (Å²) in [7, 11) is 0. The number of nitrogens with zero attached hydrogens (tertiary/aromatic N) is 2. The van der Waals surface area contributed by atoms with Gasteiger partial charge in [0.1, 0.15) is 0 Å². The molecule has 4 rings (SSSR count). The lowest BCUT2D eigenvalue weighted by atomic mass is 9.99. The van der Waals surface area contributed by atoms with Crippen LogP contribution in [0.3, 0.4) is 0 Å². The third-order valence-electron chi connectivity index (χ3n) is 5.81. The van der Waals surface area contributed by atoms with Crippen molar-refractivity contribution in [2.24, 2.45) is 5.92 Å². The maximum Gasteiger partial charge on any atom is 0.262 e. The molecule has 1 saturated carbocycles. The number of carbonyl (C=O) groups is 1. The number of rotatable bonds is 2. The summed E-state index contributed by atoms with van der Waals surface area (Å²) < 4.78 is 2.20. The van der Waals surface area contributed by atoms with Crippen molar-refractivity contribution in [2.45, 2.75) is 51.5 Å². The fourth-order valence-corrected chi connectivity index (χ4v) is 4.76. The summed E-state index contributed by atoms with van der Waals surface area (Å²) in [5.74, 6) is 0.579. The number of benzene rings is 1. The van der Waals surface area contributed by atoms with Crippen LogP contribution in [0.2, 0.25) is 0 Å². The van der Waals surface area contributed by atoms with E-state index < -0.39 is 0 Å². The number of nitrogens with one attached hydrogen (secondary N) is 1. The SMILES string of the molecule is C[C@@H]1CCCN(C(=O)c2ccc3c(=O)n(C4CCCC4)c(=S)[nH]c3c2)C1. The van der Waals surface area contributed by atoms with Gasteiger partial charge < -0.3 is 9.88 Å². The van der Waals surface area contributed by atoms with Gasteiger partial charge in [-0.05, 0) is 62.0 Å². The summed E-state index contributed by atoms with van der Waals surface area (Å²) in [5.41, 5.74) is 1.24. The number of likely N-dealkylation sites (tertiary alicyclic amines) is 1. The molecule has 2 fully saturated rings. The number of piperidine rings is 1. The van der Waals surface area contributed by atoms with Crippen LogP contribution in [0.4, 0.5) is 0 Å². The van der Waals surface area contributed by atoms with Crippen molar-refractivity contribution in [3.63, 3.8) is 0 Å². The zero-order chi connectivity index (χ0) is 18.3. The number of H-pyrrole nitrogens is 1. The summed E-state index contributed by atoms with van der Waals surface area (Å²) in [6.07, 6.45) is 6.53. The summed E-state index contributed by atoms with van der Waals surface area (Å²) in [4.78, 5) is 30.9. The van der Waals surface area contributed by atoms with E-state index in [2.05, 4.69) is 11.9 Å². The molecule has 26 heavy (non-hydrogen) atoms. The first-order chi connectivity index (χ1) is 12.5. The molecule has 1 aliphatic heterocycles. The van der Waals surface area contributed by atoms with Gasteiger partial charge in [0.2, 0.25) is 0 Å². The predicted molar refractivity (Wildman–Crippen MR) is 105 cm³/mol. The molecule has 0 radical (unpaired) electrons. The fourth-order valence-electron chi connectivity index (χ4n) is 4.42. The second kappa shape index (κ2) is 6.99. The highest BCUT2D eigenvalue weighted by Crippen LogP contribution is 2.29. The molecule has 1 aliphatic carbocycles. The lowest BCUT2D eigenvalue weighted by Gasteiger charge is -2.31. The quantitative estimate of drug-likeness (QED) is 0.811. The molecule has 2 aliphatic rings. The van der Waals surface area contributed by atoms with Gasteiger partial charge in [-0.15, -0.1) is 0 Å². The van der Waals surface area contributed by atoms with Gasteiger partial charge in [-0.3, -0.25) is 14.2 Å². The molecule has 1 N–H and O–H groups in total. The van der Waals surface area contributed by atoms with Gasteiger partial charge in [0, 0.05) is 24.7 Å². The van der Waals surface area contributed by atoms with Crippen LogP contribution in [-0.2, 0) is 0 Å². The molecular weight excluding hydrogens is 346 g/mol. The van der Waals surface area contributed by atoms with Gasteiger partial charge in [0.25, 0.3) is 11.5 Å². The number of aromatic amines is 1. The van der Waals surface area contributed by atoms with Gasteiger partial charge in [-0.25, -0.2) is 0 Å². The Hall–Kier alpha value is -1.95. The molecule has 2 heterocycles. The van der Waals surface area contributed by atoms with Gasteiger partial charge >= 0.3 is 0 Å². The lowest BCUT2D eigenvalue weighted by Crippen LogP contribution is -2.39. The first-order valence-corrected chi connectivity index (χ1v) is 10.0. The Morgan fingerprint density at radius 3 is 2.69 bits per heavy atom. The minimum absolute atomic E-state index is 0.0396. The summed E-state index contributed by atoms with van der Waals surface area (Å²) in [6.45, 7) is 3.79. The Balaban J connectivity index is 1.72. The summed E-state index contributed by atoms with van der Waals surface area (Å²) in [5, 5.41) is 0.606. The monoisotopic (exact) mass is 371 g/mol. The molecule has 1 atom stereocenters. The van der Waals surface area contributed by atoms with Crippen LogP contribution in [0.5, 0.6) is 0 Å². The highest BCUT2D eigenvalue weighted by molar-refractivity contribution is 7.71. The van der Waals surface area contributed by atoms with Crippen molar-refractivity contribution < 1.29 is 4.79 Å². The molecule has 2 aromatic rings. The third kappa shape index (κ3) is 3.11. The normalized spacial score (nSPS) is 21.4. The van der Waals surface area contributed by atoms with Crippen LogP contribution in [0.1, 0.15) is 61.8 Å². The van der Waals surface area contributed by atoms with Gasteiger partial charge in [-0.2, -0.15) is 0 Å². The van der Waals surface area contributed by atoms with E-state index in [1.807, 2.05) is 4.90 Å². The Labute approximate surface area is 158 Å². The number of fused-ring (bicyclic) bond motifs is 1.